The van der Waals surface area contributed by atoms with E-state index in [1.165, 1.54) is 0 Å². The van der Waals surface area contributed by atoms with Crippen LogP contribution in [0.2, 0.25) is 5.02 Å². The van der Waals surface area contributed by atoms with Gasteiger partial charge >= 0.3 is 5.97 Å². The van der Waals surface area contributed by atoms with Crippen LogP contribution < -0.4 is 0 Å². The summed E-state index contributed by atoms with van der Waals surface area (Å²) < 4.78 is 2.74. The molecule has 0 fully saturated rings. The van der Waals surface area contributed by atoms with E-state index in [0.29, 0.717) is 5.02 Å². The van der Waals surface area contributed by atoms with Gasteiger partial charge in [-0.1, -0.05) is 11.6 Å². The Balaban J connectivity index is 2.35. The summed E-state index contributed by atoms with van der Waals surface area (Å²) in [6.45, 7) is 1.87. The van der Waals surface area contributed by atoms with Gasteiger partial charge in [0.15, 0.2) is 0 Å². The Labute approximate surface area is 134 Å². The summed E-state index contributed by atoms with van der Waals surface area (Å²) in [7, 11) is 0. The van der Waals surface area contributed by atoms with Gasteiger partial charge < -0.3 is 5.11 Å². The number of hydrogen-bond donors (Lipinski definition) is 1. The third-order valence-corrected chi connectivity index (χ3v) is 4.12. The zero-order chi connectivity index (χ0) is 15.1. The SMILES string of the molecule is Cc1nc2ccc(C(=O)O)cc2n1-c1cc(Cl)ccc1Br. The first kappa shape index (κ1) is 14.1. The van der Waals surface area contributed by atoms with Crippen molar-refractivity contribution >= 4 is 44.5 Å². The summed E-state index contributed by atoms with van der Waals surface area (Å²) in [5, 5.41) is 9.75. The number of halogens is 2. The van der Waals surface area contributed by atoms with E-state index < -0.39 is 5.97 Å². The predicted octanol–water partition coefficient (Wildman–Crippen LogP) is 4.45. The molecule has 21 heavy (non-hydrogen) atoms. The van der Waals surface area contributed by atoms with Crippen molar-refractivity contribution in [3.8, 4) is 5.69 Å². The van der Waals surface area contributed by atoms with Crippen molar-refractivity contribution in [2.24, 2.45) is 0 Å². The highest BCUT2D eigenvalue weighted by molar-refractivity contribution is 9.10. The Morgan fingerprint density at radius 3 is 2.76 bits per heavy atom. The molecule has 6 heteroatoms. The predicted molar refractivity (Wildman–Crippen MR) is 85.5 cm³/mol. The third-order valence-electron chi connectivity index (χ3n) is 3.22. The number of imidazole rings is 1. The van der Waals surface area contributed by atoms with Gasteiger partial charge in [-0.2, -0.15) is 0 Å². The van der Waals surface area contributed by atoms with Crippen LogP contribution in [-0.4, -0.2) is 20.6 Å². The molecule has 1 heterocycles. The molecule has 3 aromatic rings. The summed E-state index contributed by atoms with van der Waals surface area (Å²) >= 11 is 9.57. The first-order chi connectivity index (χ1) is 9.97. The molecular formula is C15H10BrClN2O2. The molecule has 3 rings (SSSR count). The number of aryl methyl sites for hydroxylation is 1. The van der Waals surface area contributed by atoms with Crippen LogP contribution in [0, 0.1) is 6.92 Å². The normalized spacial score (nSPS) is 11.0. The number of hydrogen-bond acceptors (Lipinski definition) is 2. The maximum atomic E-state index is 11.2. The van der Waals surface area contributed by atoms with Gasteiger partial charge in [0.2, 0.25) is 0 Å². The van der Waals surface area contributed by atoms with Gasteiger partial charge in [-0.15, -0.1) is 0 Å². The fourth-order valence-corrected chi connectivity index (χ4v) is 2.88. The fraction of sp³-hybridized carbons (Fsp3) is 0.0667. The number of nitrogens with zero attached hydrogens (tertiary/aromatic N) is 2. The number of carbonyl (C=O) groups is 1. The Kier molecular flexibility index (Phi) is 3.47. The molecule has 0 radical (unpaired) electrons. The van der Waals surface area contributed by atoms with E-state index >= 15 is 0 Å². The van der Waals surface area contributed by atoms with Crippen LogP contribution >= 0.6 is 27.5 Å². The Morgan fingerprint density at radius 2 is 2.05 bits per heavy atom. The quantitative estimate of drug-likeness (QED) is 0.730. The second-order valence-electron chi connectivity index (χ2n) is 4.60. The first-order valence-corrected chi connectivity index (χ1v) is 7.32. The molecular weight excluding hydrogens is 356 g/mol. The van der Waals surface area contributed by atoms with Crippen LogP contribution in [0.1, 0.15) is 16.2 Å². The summed E-state index contributed by atoms with van der Waals surface area (Å²) in [5.41, 5.74) is 2.52. The van der Waals surface area contributed by atoms with E-state index in [9.17, 15) is 4.79 Å². The van der Waals surface area contributed by atoms with E-state index in [1.807, 2.05) is 23.6 Å². The van der Waals surface area contributed by atoms with Crippen LogP contribution in [0.3, 0.4) is 0 Å². The highest BCUT2D eigenvalue weighted by Gasteiger charge is 2.14. The van der Waals surface area contributed by atoms with Gasteiger partial charge in [0, 0.05) is 9.50 Å². The number of aromatic nitrogens is 2. The van der Waals surface area contributed by atoms with Crippen molar-refractivity contribution in [1.82, 2.24) is 9.55 Å². The first-order valence-electron chi connectivity index (χ1n) is 6.15. The van der Waals surface area contributed by atoms with Gasteiger partial charge in [0.25, 0.3) is 0 Å². The van der Waals surface area contributed by atoms with E-state index in [0.717, 1.165) is 27.0 Å². The third kappa shape index (κ3) is 2.43. The van der Waals surface area contributed by atoms with Crippen molar-refractivity contribution in [2.75, 3.05) is 0 Å². The molecule has 0 spiro atoms. The number of rotatable bonds is 2. The van der Waals surface area contributed by atoms with Gasteiger partial charge in [0.05, 0.1) is 22.3 Å². The molecule has 106 valence electrons. The average molecular weight is 366 g/mol. The Bertz CT molecular complexity index is 873. The van der Waals surface area contributed by atoms with E-state index in [1.54, 1.807) is 24.3 Å². The lowest BCUT2D eigenvalue weighted by molar-refractivity contribution is 0.0697. The number of benzene rings is 2. The maximum absolute atomic E-state index is 11.2. The average Bonchev–Trinajstić information content (AvgIpc) is 2.76. The fourth-order valence-electron chi connectivity index (χ4n) is 2.29. The molecule has 2 aromatic carbocycles. The maximum Gasteiger partial charge on any atom is 0.335 e. The lowest BCUT2D eigenvalue weighted by Crippen LogP contribution is -2.00. The molecule has 0 saturated carbocycles. The number of carboxylic acids is 1. The van der Waals surface area contributed by atoms with Crippen molar-refractivity contribution in [3.05, 3.63) is 57.3 Å². The van der Waals surface area contributed by atoms with Crippen LogP contribution in [0.15, 0.2) is 40.9 Å². The molecule has 4 nitrogen and oxygen atoms in total. The zero-order valence-corrected chi connectivity index (χ0v) is 13.3. The summed E-state index contributed by atoms with van der Waals surface area (Å²) in [5.74, 6) is -0.206. The molecule has 0 bridgehead atoms. The lowest BCUT2D eigenvalue weighted by Gasteiger charge is -2.10. The highest BCUT2D eigenvalue weighted by Crippen LogP contribution is 2.29. The van der Waals surface area contributed by atoms with Crippen LogP contribution in [0.25, 0.3) is 16.7 Å². The molecule has 0 amide bonds. The van der Waals surface area contributed by atoms with Gasteiger partial charge in [-0.3, -0.25) is 4.57 Å². The minimum atomic E-state index is -0.965. The minimum absolute atomic E-state index is 0.224. The van der Waals surface area contributed by atoms with Gasteiger partial charge in [-0.25, -0.2) is 9.78 Å². The van der Waals surface area contributed by atoms with Crippen molar-refractivity contribution in [3.63, 3.8) is 0 Å². The van der Waals surface area contributed by atoms with E-state index in [4.69, 9.17) is 16.7 Å². The molecule has 0 aliphatic heterocycles. The van der Waals surface area contributed by atoms with Crippen LogP contribution in [0.5, 0.6) is 0 Å². The standard InChI is InChI=1S/C15H10BrClN2O2/c1-8-18-12-5-2-9(15(20)21)6-14(12)19(8)13-7-10(17)3-4-11(13)16/h2-7H,1H3,(H,20,21). The molecule has 1 aromatic heterocycles. The van der Waals surface area contributed by atoms with Crippen molar-refractivity contribution in [1.29, 1.82) is 0 Å². The smallest absolute Gasteiger partial charge is 0.335 e. The van der Waals surface area contributed by atoms with Crippen LogP contribution in [0.4, 0.5) is 0 Å². The molecule has 0 aliphatic rings. The molecule has 1 N–H and O–H groups in total. The number of aromatic carboxylic acids is 1. The number of carboxylic acid groups (broad SMARTS) is 1. The summed E-state index contributed by atoms with van der Waals surface area (Å²) in [6.07, 6.45) is 0. The Morgan fingerprint density at radius 1 is 1.29 bits per heavy atom. The summed E-state index contributed by atoms with van der Waals surface area (Å²) in [6, 6.07) is 10.3. The number of fused-ring (bicyclic) bond motifs is 1. The van der Waals surface area contributed by atoms with E-state index in [-0.39, 0.29) is 5.56 Å². The molecule has 0 atom stereocenters. The van der Waals surface area contributed by atoms with Crippen molar-refractivity contribution < 1.29 is 9.90 Å². The second-order valence-corrected chi connectivity index (χ2v) is 5.89. The van der Waals surface area contributed by atoms with Crippen LogP contribution in [-0.2, 0) is 0 Å². The second kappa shape index (κ2) is 5.16. The summed E-state index contributed by atoms with van der Waals surface area (Å²) in [4.78, 5) is 15.6. The van der Waals surface area contributed by atoms with Gasteiger partial charge in [0.1, 0.15) is 5.82 Å². The van der Waals surface area contributed by atoms with Crippen molar-refractivity contribution in [2.45, 2.75) is 6.92 Å². The van der Waals surface area contributed by atoms with E-state index in [2.05, 4.69) is 20.9 Å². The largest absolute Gasteiger partial charge is 0.478 e. The minimum Gasteiger partial charge on any atom is -0.478 e. The molecule has 0 unspecified atom stereocenters. The molecule has 0 saturated heterocycles. The lowest BCUT2D eigenvalue weighted by atomic mass is 10.2. The molecule has 0 aliphatic carbocycles. The van der Waals surface area contributed by atoms with Gasteiger partial charge in [-0.05, 0) is 59.3 Å². The topological polar surface area (TPSA) is 55.1 Å². The monoisotopic (exact) mass is 364 g/mol. The Hall–Kier alpha value is -1.85. The zero-order valence-electron chi connectivity index (χ0n) is 11.0. The highest BCUT2D eigenvalue weighted by atomic mass is 79.9.